The number of halogens is 1. The van der Waals surface area contributed by atoms with Gasteiger partial charge < -0.3 is 4.43 Å². The summed E-state index contributed by atoms with van der Waals surface area (Å²) < 4.78 is 7.70. The Bertz CT molecular complexity index is 360. The topological polar surface area (TPSA) is 9.23 Å². The molecule has 0 fully saturated rings. The van der Waals surface area contributed by atoms with E-state index in [9.17, 15) is 0 Å². The van der Waals surface area contributed by atoms with Gasteiger partial charge in [-0.3, -0.25) is 12.9 Å². The third-order valence-corrected chi connectivity index (χ3v) is 10.3. The third-order valence-electron chi connectivity index (χ3n) is 3.29. The minimum Gasteiger partial charge on any atom is -0.545 e. The summed E-state index contributed by atoms with van der Waals surface area (Å²) in [4.78, 5) is 0. The van der Waals surface area contributed by atoms with Crippen LogP contribution in [0, 0.1) is 0 Å². The Morgan fingerprint density at radius 1 is 1.19 bits per heavy atom. The first-order valence-electron chi connectivity index (χ1n) is 5.61. The summed E-state index contributed by atoms with van der Waals surface area (Å²) in [6, 6.07) is 8.42. The predicted molar refractivity (Wildman–Crippen MR) is 78.6 cm³/mol. The van der Waals surface area contributed by atoms with E-state index in [4.69, 9.17) is 4.43 Å². The molecule has 0 saturated heterocycles. The molecule has 4 heteroatoms. The van der Waals surface area contributed by atoms with Crippen molar-refractivity contribution in [3.63, 3.8) is 0 Å². The van der Waals surface area contributed by atoms with Crippen molar-refractivity contribution in [2.45, 2.75) is 38.9 Å². The maximum Gasteiger partial charge on any atom is 0.512 e. The third kappa shape index (κ3) is 3.49. The Balaban J connectivity index is 2.96. The Hall–Kier alpha value is 0.483. The number of hydrogen-bond donors (Lipinski definition) is 0. The van der Waals surface area contributed by atoms with Crippen LogP contribution >= 0.6 is 12.9 Å². The highest BCUT2D eigenvalue weighted by Gasteiger charge is 2.39. The molecular formula is C12H19BrMgOSi. The van der Waals surface area contributed by atoms with Gasteiger partial charge in [0.2, 0.25) is 8.32 Å². The lowest BCUT2D eigenvalue weighted by Crippen LogP contribution is -2.45. The van der Waals surface area contributed by atoms with Gasteiger partial charge in [0.25, 0.3) is 0 Å². The molecule has 1 aromatic rings. The molecule has 0 unspecified atom stereocenters. The fourth-order valence-electron chi connectivity index (χ4n) is 1.14. The summed E-state index contributed by atoms with van der Waals surface area (Å²) in [5.74, 6) is 1.10. The van der Waals surface area contributed by atoms with Gasteiger partial charge in [-0.15, -0.1) is 3.69 Å². The van der Waals surface area contributed by atoms with Crippen LogP contribution in [0.15, 0.2) is 24.3 Å². The van der Waals surface area contributed by atoms with Gasteiger partial charge in [-0.1, -0.05) is 39.0 Å². The lowest BCUT2D eigenvalue weighted by atomic mass is 10.2. The van der Waals surface area contributed by atoms with Crippen molar-refractivity contribution >= 4 is 43.1 Å². The van der Waals surface area contributed by atoms with Crippen LogP contribution in [0.4, 0.5) is 0 Å². The second-order valence-electron chi connectivity index (χ2n) is 5.60. The van der Waals surface area contributed by atoms with E-state index in [1.54, 1.807) is 0 Å². The predicted octanol–water partition coefficient (Wildman–Crippen LogP) is 3.71. The molecule has 16 heavy (non-hydrogen) atoms. The van der Waals surface area contributed by atoms with Crippen LogP contribution < -0.4 is 8.12 Å². The van der Waals surface area contributed by atoms with Crippen molar-refractivity contribution in [2.24, 2.45) is 0 Å². The largest absolute Gasteiger partial charge is 0.545 e. The molecule has 0 spiro atoms. The van der Waals surface area contributed by atoms with Gasteiger partial charge in [-0.2, -0.15) is 0 Å². The van der Waals surface area contributed by atoms with Crippen molar-refractivity contribution in [3.8, 4) is 5.75 Å². The highest BCUT2D eigenvalue weighted by molar-refractivity contribution is 9.23. The second kappa shape index (κ2) is 5.42. The van der Waals surface area contributed by atoms with E-state index in [2.05, 4.69) is 71.0 Å². The normalized spacial score (nSPS) is 12.1. The Morgan fingerprint density at radius 2 is 1.75 bits per heavy atom. The van der Waals surface area contributed by atoms with Gasteiger partial charge in [0.15, 0.2) is 0 Å². The first-order chi connectivity index (χ1) is 7.28. The summed E-state index contributed by atoms with van der Waals surface area (Å²) in [7, 11) is -1.69. The van der Waals surface area contributed by atoms with Gasteiger partial charge >= 0.3 is 18.2 Å². The number of rotatable bonds is 3. The molecule has 0 aliphatic heterocycles. The highest BCUT2D eigenvalue weighted by atomic mass is 79.9. The maximum absolute atomic E-state index is 6.33. The van der Waals surface area contributed by atoms with Crippen LogP contribution in [0.5, 0.6) is 5.75 Å². The molecule has 1 aromatic carbocycles. The molecule has 1 nitrogen and oxygen atoms in total. The number of benzene rings is 1. The highest BCUT2D eigenvalue weighted by Crippen LogP contribution is 2.36. The zero-order valence-corrected chi connectivity index (χ0v) is 14.8. The van der Waals surface area contributed by atoms with Crippen molar-refractivity contribution in [2.75, 3.05) is 0 Å². The molecule has 0 aromatic heterocycles. The maximum atomic E-state index is 6.33. The first kappa shape index (κ1) is 14.5. The van der Waals surface area contributed by atoms with Gasteiger partial charge in [0, 0.05) is 0 Å². The number of para-hydroxylation sites is 1. The molecule has 0 N–H and O–H groups in total. The Kier molecular flexibility index (Phi) is 4.93. The molecule has 0 bridgehead atoms. The summed E-state index contributed by atoms with van der Waals surface area (Å²) in [6.45, 7) is 11.4. The molecule has 1 rings (SSSR count). The van der Waals surface area contributed by atoms with E-state index in [1.165, 1.54) is 3.69 Å². The lowest BCUT2D eigenvalue weighted by molar-refractivity contribution is 0.495. The van der Waals surface area contributed by atoms with Crippen LogP contribution in [-0.4, -0.2) is 26.5 Å². The zero-order valence-electron chi connectivity index (χ0n) is 10.8. The molecule has 86 valence electrons. The first-order valence-corrected chi connectivity index (χ1v) is 13.1. The van der Waals surface area contributed by atoms with Crippen molar-refractivity contribution in [1.82, 2.24) is 0 Å². The van der Waals surface area contributed by atoms with Gasteiger partial charge in [-0.25, -0.2) is 0 Å². The molecule has 0 atom stereocenters. The Morgan fingerprint density at radius 3 is 2.25 bits per heavy atom. The lowest BCUT2D eigenvalue weighted by Gasteiger charge is -2.37. The molecule has 0 aliphatic carbocycles. The Labute approximate surface area is 116 Å². The van der Waals surface area contributed by atoms with Gasteiger partial charge in [0.05, 0.1) is 5.75 Å². The molecular weight excluding hydrogens is 292 g/mol. The van der Waals surface area contributed by atoms with Crippen LogP contribution in [-0.2, 0) is 0 Å². The van der Waals surface area contributed by atoms with E-state index >= 15 is 0 Å². The van der Waals surface area contributed by atoms with Crippen LogP contribution in [0.25, 0.3) is 0 Å². The van der Waals surface area contributed by atoms with Gasteiger partial charge in [0.1, 0.15) is 0 Å². The van der Waals surface area contributed by atoms with E-state index in [1.807, 2.05) is 0 Å². The minimum absolute atomic E-state index is 0.258. The summed E-state index contributed by atoms with van der Waals surface area (Å²) in [5.41, 5.74) is 0. The average Bonchev–Trinajstić information content (AvgIpc) is 2.16. The van der Waals surface area contributed by atoms with Gasteiger partial charge in [-0.05, 0) is 24.2 Å². The van der Waals surface area contributed by atoms with E-state index in [-0.39, 0.29) is 23.2 Å². The fourth-order valence-corrected chi connectivity index (χ4v) is 4.28. The van der Waals surface area contributed by atoms with E-state index in [0.29, 0.717) is 0 Å². The standard InChI is InChI=1S/C12H19OSi.BrH.Mg/c1-12(2,3)14(4,5)13-11-9-7-6-8-10-11;;/h6-9H,1-5H3;1H;/q;;+1/p-1. The monoisotopic (exact) mass is 310 g/mol. The average molecular weight is 312 g/mol. The smallest absolute Gasteiger partial charge is 0.512 e. The van der Waals surface area contributed by atoms with Crippen molar-refractivity contribution in [3.05, 3.63) is 24.3 Å². The van der Waals surface area contributed by atoms with Crippen LogP contribution in [0.2, 0.25) is 18.1 Å². The van der Waals surface area contributed by atoms with E-state index in [0.717, 1.165) is 5.75 Å². The summed E-state index contributed by atoms with van der Waals surface area (Å²) in [6.07, 6.45) is 0. The summed E-state index contributed by atoms with van der Waals surface area (Å²) in [5, 5.41) is 0.258. The summed E-state index contributed by atoms with van der Waals surface area (Å²) >= 11 is 3.30. The quantitative estimate of drug-likeness (QED) is 0.773. The number of hydrogen-bond acceptors (Lipinski definition) is 1. The van der Waals surface area contributed by atoms with Crippen molar-refractivity contribution in [1.29, 1.82) is 0 Å². The molecule has 0 saturated carbocycles. The second-order valence-corrected chi connectivity index (χ2v) is 13.0. The van der Waals surface area contributed by atoms with Crippen LogP contribution in [0.3, 0.4) is 0 Å². The minimum atomic E-state index is -1.69. The molecule has 0 aliphatic rings. The zero-order chi connectivity index (χ0) is 12.4. The fraction of sp³-hybridized carbons (Fsp3) is 0.500. The SMILES string of the molecule is CC(C)(C)[Si](C)(C)Oc1cccc[c]1[Mg][Br]. The van der Waals surface area contributed by atoms with Crippen LogP contribution in [0.1, 0.15) is 20.8 Å². The van der Waals surface area contributed by atoms with Crippen molar-refractivity contribution < 1.29 is 4.43 Å². The van der Waals surface area contributed by atoms with E-state index < -0.39 is 8.32 Å². The molecule has 0 radical (unpaired) electrons. The molecule has 0 amide bonds. The molecule has 0 heterocycles.